The van der Waals surface area contributed by atoms with E-state index in [1.807, 2.05) is 0 Å². The fourth-order valence-electron chi connectivity index (χ4n) is 3.74. The molecule has 172 valence electrons. The summed E-state index contributed by atoms with van der Waals surface area (Å²) < 4.78 is 76.5. The number of hydrogen-bond acceptors (Lipinski definition) is 6. The lowest BCUT2D eigenvalue weighted by Crippen LogP contribution is -2.50. The third-order valence-corrected chi connectivity index (χ3v) is 8.79. The smallest absolute Gasteiger partial charge is 0.305 e. The lowest BCUT2D eigenvalue weighted by Gasteiger charge is -2.33. The van der Waals surface area contributed by atoms with E-state index >= 15 is 0 Å². The van der Waals surface area contributed by atoms with Gasteiger partial charge in [-0.2, -0.15) is 12.7 Å². The molecule has 0 unspecified atom stereocenters. The standard InChI is InChI=1S/C18H23F2N3O6S2/c1-13(24)21-8-10-23(11-9-21)31(28,29)17-12-14(2-3-16(17)19)18(25)22-6-4-15(5-7-22)30(20,26)27/h2-3,12,15H,4-11H2,1H3. The summed E-state index contributed by atoms with van der Waals surface area (Å²) in [6, 6.07) is 3.01. The maximum Gasteiger partial charge on any atom is 0.305 e. The fourth-order valence-corrected chi connectivity index (χ4v) is 6.03. The van der Waals surface area contributed by atoms with E-state index in [-0.39, 0.29) is 63.6 Å². The first-order chi connectivity index (χ1) is 14.4. The predicted octanol–water partition coefficient (Wildman–Crippen LogP) is 0.582. The van der Waals surface area contributed by atoms with Crippen LogP contribution in [-0.2, 0) is 25.0 Å². The number of benzene rings is 1. The molecule has 9 nitrogen and oxygen atoms in total. The average molecular weight is 480 g/mol. The third-order valence-electron chi connectivity index (χ3n) is 5.61. The summed E-state index contributed by atoms with van der Waals surface area (Å²) in [6.45, 7) is 1.72. The van der Waals surface area contributed by atoms with Crippen LogP contribution in [0.2, 0.25) is 0 Å². The van der Waals surface area contributed by atoms with Gasteiger partial charge in [0.25, 0.3) is 5.91 Å². The highest BCUT2D eigenvalue weighted by molar-refractivity contribution is 7.89. The number of halogens is 2. The van der Waals surface area contributed by atoms with Crippen LogP contribution in [0.15, 0.2) is 23.1 Å². The van der Waals surface area contributed by atoms with Crippen molar-refractivity contribution in [2.45, 2.75) is 29.9 Å². The Morgan fingerprint density at radius 3 is 2.03 bits per heavy atom. The number of amides is 2. The van der Waals surface area contributed by atoms with Gasteiger partial charge in [0, 0.05) is 51.8 Å². The molecule has 2 saturated heterocycles. The zero-order valence-corrected chi connectivity index (χ0v) is 18.5. The third kappa shape index (κ3) is 5.04. The summed E-state index contributed by atoms with van der Waals surface area (Å²) >= 11 is 0. The van der Waals surface area contributed by atoms with Gasteiger partial charge in [0.15, 0.2) is 0 Å². The lowest BCUT2D eigenvalue weighted by molar-refractivity contribution is -0.129. The number of sulfonamides is 1. The molecule has 0 N–H and O–H groups in total. The highest BCUT2D eigenvalue weighted by atomic mass is 32.3. The molecule has 2 heterocycles. The predicted molar refractivity (Wildman–Crippen MR) is 106 cm³/mol. The molecule has 0 radical (unpaired) electrons. The van der Waals surface area contributed by atoms with Crippen LogP contribution >= 0.6 is 0 Å². The molecular formula is C18H23F2N3O6S2. The van der Waals surface area contributed by atoms with Crippen molar-refractivity contribution < 1.29 is 34.7 Å². The van der Waals surface area contributed by atoms with Crippen molar-refractivity contribution in [3.63, 3.8) is 0 Å². The Bertz CT molecular complexity index is 1080. The highest BCUT2D eigenvalue weighted by Crippen LogP contribution is 2.25. The quantitative estimate of drug-likeness (QED) is 0.584. The van der Waals surface area contributed by atoms with Crippen molar-refractivity contribution in [2.24, 2.45) is 0 Å². The van der Waals surface area contributed by atoms with Crippen LogP contribution in [0, 0.1) is 5.82 Å². The largest absolute Gasteiger partial charge is 0.340 e. The Morgan fingerprint density at radius 2 is 1.52 bits per heavy atom. The van der Waals surface area contributed by atoms with Gasteiger partial charge < -0.3 is 9.80 Å². The second-order valence-electron chi connectivity index (χ2n) is 7.52. The van der Waals surface area contributed by atoms with Crippen molar-refractivity contribution in [3.05, 3.63) is 29.6 Å². The minimum Gasteiger partial charge on any atom is -0.340 e. The fraction of sp³-hybridized carbons (Fsp3) is 0.556. The number of hydrogen-bond donors (Lipinski definition) is 0. The average Bonchev–Trinajstić information content (AvgIpc) is 2.73. The van der Waals surface area contributed by atoms with E-state index in [9.17, 15) is 34.7 Å². The van der Waals surface area contributed by atoms with Gasteiger partial charge in [-0.05, 0) is 31.0 Å². The summed E-state index contributed by atoms with van der Waals surface area (Å²) in [4.78, 5) is 26.3. The van der Waals surface area contributed by atoms with Gasteiger partial charge in [0.2, 0.25) is 15.9 Å². The molecule has 1 aromatic rings. The van der Waals surface area contributed by atoms with E-state index in [1.165, 1.54) is 16.7 Å². The zero-order chi connectivity index (χ0) is 23.0. The van der Waals surface area contributed by atoms with Gasteiger partial charge in [0.05, 0.1) is 5.25 Å². The van der Waals surface area contributed by atoms with Crippen molar-refractivity contribution in [2.75, 3.05) is 39.3 Å². The van der Waals surface area contributed by atoms with Gasteiger partial charge in [-0.1, -0.05) is 0 Å². The van der Waals surface area contributed by atoms with Gasteiger partial charge in [-0.3, -0.25) is 9.59 Å². The molecule has 1 aromatic carbocycles. The van der Waals surface area contributed by atoms with Crippen LogP contribution in [0.25, 0.3) is 0 Å². The molecule has 2 aliphatic rings. The number of piperazine rings is 1. The number of carbonyl (C=O) groups excluding carboxylic acids is 2. The molecule has 0 atom stereocenters. The van der Waals surface area contributed by atoms with E-state index in [1.54, 1.807) is 0 Å². The molecule has 0 saturated carbocycles. The van der Waals surface area contributed by atoms with Crippen LogP contribution in [-0.4, -0.2) is 87.3 Å². The van der Waals surface area contributed by atoms with E-state index < -0.39 is 42.1 Å². The molecule has 13 heteroatoms. The van der Waals surface area contributed by atoms with Crippen molar-refractivity contribution in [1.82, 2.24) is 14.1 Å². The van der Waals surface area contributed by atoms with Crippen molar-refractivity contribution in [3.8, 4) is 0 Å². The molecule has 3 rings (SSSR count). The van der Waals surface area contributed by atoms with E-state index in [0.717, 1.165) is 22.5 Å². The van der Waals surface area contributed by atoms with Gasteiger partial charge in [-0.25, -0.2) is 12.8 Å². The molecule has 0 aromatic heterocycles. The first kappa shape index (κ1) is 23.5. The topological polar surface area (TPSA) is 112 Å². The highest BCUT2D eigenvalue weighted by Gasteiger charge is 2.34. The van der Waals surface area contributed by atoms with E-state index in [0.29, 0.717) is 0 Å². The lowest BCUT2D eigenvalue weighted by atomic mass is 10.1. The number of likely N-dealkylation sites (tertiary alicyclic amines) is 1. The normalized spacial score (nSPS) is 19.5. The number of carbonyl (C=O) groups is 2. The number of nitrogens with zero attached hydrogens (tertiary/aromatic N) is 3. The summed E-state index contributed by atoms with van der Waals surface area (Å²) in [5.74, 6) is -1.78. The Balaban J connectivity index is 1.77. The van der Waals surface area contributed by atoms with Crippen LogP contribution in [0.1, 0.15) is 30.1 Å². The van der Waals surface area contributed by atoms with Crippen molar-refractivity contribution in [1.29, 1.82) is 0 Å². The Morgan fingerprint density at radius 1 is 0.935 bits per heavy atom. The maximum absolute atomic E-state index is 14.4. The van der Waals surface area contributed by atoms with Crippen LogP contribution in [0.4, 0.5) is 8.28 Å². The second-order valence-corrected chi connectivity index (χ2v) is 11.0. The number of piperidine rings is 1. The molecule has 0 bridgehead atoms. The van der Waals surface area contributed by atoms with E-state index in [4.69, 9.17) is 0 Å². The molecule has 2 amide bonds. The minimum atomic E-state index is -4.69. The Labute approximate surface area is 179 Å². The molecule has 2 aliphatic heterocycles. The number of rotatable bonds is 4. The van der Waals surface area contributed by atoms with Crippen LogP contribution in [0.5, 0.6) is 0 Å². The van der Waals surface area contributed by atoms with Crippen LogP contribution in [0.3, 0.4) is 0 Å². The maximum atomic E-state index is 14.4. The second kappa shape index (κ2) is 8.79. The molecule has 2 fully saturated rings. The van der Waals surface area contributed by atoms with Crippen molar-refractivity contribution >= 4 is 32.1 Å². The van der Waals surface area contributed by atoms with Gasteiger partial charge >= 0.3 is 10.2 Å². The molecule has 31 heavy (non-hydrogen) atoms. The monoisotopic (exact) mass is 479 g/mol. The summed E-state index contributed by atoms with van der Waals surface area (Å²) in [7, 11) is -8.93. The summed E-state index contributed by atoms with van der Waals surface area (Å²) in [6.07, 6.45) is -0.144. The summed E-state index contributed by atoms with van der Waals surface area (Å²) in [5, 5.41) is -1.17. The first-order valence-electron chi connectivity index (χ1n) is 9.69. The summed E-state index contributed by atoms with van der Waals surface area (Å²) in [5.41, 5.74) is -0.0658. The molecule has 0 spiro atoms. The SMILES string of the molecule is CC(=O)N1CCN(S(=O)(=O)c2cc(C(=O)N3CCC(S(=O)(=O)F)CC3)ccc2F)CC1. The minimum absolute atomic E-state index is 0.00471. The zero-order valence-electron chi connectivity index (χ0n) is 16.8. The Hall–Kier alpha value is -2.12. The molecule has 0 aliphatic carbocycles. The Kier molecular flexibility index (Phi) is 6.67. The van der Waals surface area contributed by atoms with Gasteiger partial charge in [0.1, 0.15) is 10.7 Å². The molecular weight excluding hydrogens is 456 g/mol. The first-order valence-corrected chi connectivity index (χ1v) is 12.6. The van der Waals surface area contributed by atoms with Gasteiger partial charge in [-0.15, -0.1) is 3.89 Å². The van der Waals surface area contributed by atoms with E-state index in [2.05, 4.69) is 0 Å². The van der Waals surface area contributed by atoms with Crippen LogP contribution < -0.4 is 0 Å².